The lowest BCUT2D eigenvalue weighted by Gasteiger charge is -2.08. The van der Waals surface area contributed by atoms with E-state index in [-0.39, 0.29) is 5.82 Å². The SMILES string of the molecule is COc1cccc(CNc2ccc(F)cc2Br)n1. The highest BCUT2D eigenvalue weighted by Gasteiger charge is 2.02. The summed E-state index contributed by atoms with van der Waals surface area (Å²) >= 11 is 3.30. The van der Waals surface area contributed by atoms with E-state index in [1.165, 1.54) is 12.1 Å². The number of nitrogens with one attached hydrogen (secondary N) is 1. The number of anilines is 1. The van der Waals surface area contributed by atoms with Crippen LogP contribution in [0.2, 0.25) is 0 Å². The highest BCUT2D eigenvalue weighted by atomic mass is 79.9. The molecule has 0 fully saturated rings. The standard InChI is InChI=1S/C13H12BrFN2O/c1-18-13-4-2-3-10(17-13)8-16-12-6-5-9(15)7-11(12)14/h2-7,16H,8H2,1H3. The minimum absolute atomic E-state index is 0.271. The molecule has 94 valence electrons. The summed E-state index contributed by atoms with van der Waals surface area (Å²) in [7, 11) is 1.58. The van der Waals surface area contributed by atoms with Crippen molar-refractivity contribution in [3.63, 3.8) is 0 Å². The second kappa shape index (κ2) is 5.82. The predicted molar refractivity (Wildman–Crippen MR) is 72.2 cm³/mol. The van der Waals surface area contributed by atoms with Gasteiger partial charge < -0.3 is 10.1 Å². The Bertz CT molecular complexity index is 548. The molecular weight excluding hydrogens is 299 g/mol. The summed E-state index contributed by atoms with van der Waals surface area (Å²) < 4.78 is 18.7. The molecular formula is C13H12BrFN2O. The molecule has 1 aromatic heterocycles. The van der Waals surface area contributed by atoms with Crippen molar-refractivity contribution in [1.82, 2.24) is 4.98 Å². The number of rotatable bonds is 4. The van der Waals surface area contributed by atoms with E-state index in [2.05, 4.69) is 26.2 Å². The van der Waals surface area contributed by atoms with Gasteiger partial charge in [-0.05, 0) is 40.2 Å². The number of pyridine rings is 1. The van der Waals surface area contributed by atoms with Crippen molar-refractivity contribution >= 4 is 21.6 Å². The summed E-state index contributed by atoms with van der Waals surface area (Å²) in [6, 6.07) is 10.1. The van der Waals surface area contributed by atoms with Gasteiger partial charge in [0.1, 0.15) is 5.82 Å². The number of nitrogens with zero attached hydrogens (tertiary/aromatic N) is 1. The highest BCUT2D eigenvalue weighted by Crippen LogP contribution is 2.23. The van der Waals surface area contributed by atoms with Crippen molar-refractivity contribution in [2.24, 2.45) is 0 Å². The summed E-state index contributed by atoms with van der Waals surface area (Å²) in [6.07, 6.45) is 0. The molecule has 5 heteroatoms. The number of methoxy groups -OCH3 is 1. The lowest BCUT2D eigenvalue weighted by atomic mass is 10.3. The van der Waals surface area contributed by atoms with Gasteiger partial charge in [0.25, 0.3) is 0 Å². The van der Waals surface area contributed by atoms with Crippen LogP contribution in [0.15, 0.2) is 40.9 Å². The second-order valence-corrected chi connectivity index (χ2v) is 4.50. The fraction of sp³-hybridized carbons (Fsp3) is 0.154. The molecule has 1 aromatic carbocycles. The lowest BCUT2D eigenvalue weighted by molar-refractivity contribution is 0.396. The first kappa shape index (κ1) is 12.8. The minimum Gasteiger partial charge on any atom is -0.481 e. The Balaban J connectivity index is 2.06. The van der Waals surface area contributed by atoms with Crippen LogP contribution in [0.5, 0.6) is 5.88 Å². The van der Waals surface area contributed by atoms with Gasteiger partial charge in [0, 0.05) is 16.2 Å². The number of benzene rings is 1. The summed E-state index contributed by atoms with van der Waals surface area (Å²) in [4.78, 5) is 4.28. The zero-order chi connectivity index (χ0) is 13.0. The van der Waals surface area contributed by atoms with Crippen molar-refractivity contribution in [2.45, 2.75) is 6.54 Å². The number of ether oxygens (including phenoxy) is 1. The van der Waals surface area contributed by atoms with E-state index in [1.54, 1.807) is 19.2 Å². The van der Waals surface area contributed by atoms with Gasteiger partial charge in [-0.25, -0.2) is 9.37 Å². The molecule has 0 saturated carbocycles. The normalized spacial score (nSPS) is 10.2. The van der Waals surface area contributed by atoms with Crippen molar-refractivity contribution in [1.29, 1.82) is 0 Å². The molecule has 0 aliphatic heterocycles. The van der Waals surface area contributed by atoms with Crippen LogP contribution in [0.4, 0.5) is 10.1 Å². The lowest BCUT2D eigenvalue weighted by Crippen LogP contribution is -2.03. The Hall–Kier alpha value is -1.62. The quantitative estimate of drug-likeness (QED) is 0.937. The van der Waals surface area contributed by atoms with Crippen LogP contribution < -0.4 is 10.1 Å². The average Bonchev–Trinajstić information content (AvgIpc) is 2.38. The van der Waals surface area contributed by atoms with Gasteiger partial charge in [0.15, 0.2) is 0 Å². The van der Waals surface area contributed by atoms with E-state index in [4.69, 9.17) is 4.74 Å². The molecule has 3 nitrogen and oxygen atoms in total. The molecule has 2 rings (SSSR count). The van der Waals surface area contributed by atoms with Gasteiger partial charge in [-0.15, -0.1) is 0 Å². The summed E-state index contributed by atoms with van der Waals surface area (Å²) in [6.45, 7) is 0.543. The first-order chi connectivity index (χ1) is 8.69. The molecule has 0 amide bonds. The predicted octanol–water partition coefficient (Wildman–Crippen LogP) is 3.60. The third-order valence-electron chi connectivity index (χ3n) is 2.38. The Labute approximate surface area is 113 Å². The van der Waals surface area contributed by atoms with Crippen LogP contribution in [-0.4, -0.2) is 12.1 Å². The first-order valence-electron chi connectivity index (χ1n) is 5.38. The van der Waals surface area contributed by atoms with Crippen molar-refractivity contribution in [2.75, 3.05) is 12.4 Å². The van der Waals surface area contributed by atoms with Crippen LogP contribution in [0.3, 0.4) is 0 Å². The fourth-order valence-corrected chi connectivity index (χ4v) is 1.98. The van der Waals surface area contributed by atoms with Crippen molar-refractivity contribution in [3.05, 3.63) is 52.4 Å². The topological polar surface area (TPSA) is 34.1 Å². The maximum atomic E-state index is 12.9. The molecule has 1 N–H and O–H groups in total. The molecule has 0 spiro atoms. The number of aromatic nitrogens is 1. The molecule has 0 radical (unpaired) electrons. The van der Waals surface area contributed by atoms with E-state index in [1.807, 2.05) is 12.1 Å². The zero-order valence-electron chi connectivity index (χ0n) is 9.78. The minimum atomic E-state index is -0.271. The molecule has 0 unspecified atom stereocenters. The summed E-state index contributed by atoms with van der Waals surface area (Å²) in [5, 5.41) is 3.18. The van der Waals surface area contributed by atoms with Gasteiger partial charge in [-0.3, -0.25) is 0 Å². The van der Waals surface area contributed by atoms with E-state index >= 15 is 0 Å². The van der Waals surface area contributed by atoms with Crippen LogP contribution in [0, 0.1) is 5.82 Å². The van der Waals surface area contributed by atoms with Crippen LogP contribution in [-0.2, 0) is 6.54 Å². The second-order valence-electron chi connectivity index (χ2n) is 3.65. The molecule has 0 saturated heterocycles. The van der Waals surface area contributed by atoms with E-state index < -0.39 is 0 Å². The zero-order valence-corrected chi connectivity index (χ0v) is 11.4. The summed E-state index contributed by atoms with van der Waals surface area (Å²) in [5.41, 5.74) is 1.67. The van der Waals surface area contributed by atoms with Crippen LogP contribution >= 0.6 is 15.9 Å². The first-order valence-corrected chi connectivity index (χ1v) is 6.17. The summed E-state index contributed by atoms with van der Waals surface area (Å²) in [5.74, 6) is 0.305. The molecule has 2 aromatic rings. The van der Waals surface area contributed by atoms with E-state index in [0.29, 0.717) is 16.9 Å². The third-order valence-corrected chi connectivity index (χ3v) is 3.04. The molecule has 1 heterocycles. The van der Waals surface area contributed by atoms with Crippen LogP contribution in [0.1, 0.15) is 5.69 Å². The van der Waals surface area contributed by atoms with E-state index in [0.717, 1.165) is 11.4 Å². The largest absolute Gasteiger partial charge is 0.481 e. The Morgan fingerprint density at radius 1 is 1.33 bits per heavy atom. The van der Waals surface area contributed by atoms with Gasteiger partial charge in [-0.2, -0.15) is 0 Å². The van der Waals surface area contributed by atoms with Gasteiger partial charge >= 0.3 is 0 Å². The molecule has 0 aliphatic rings. The fourth-order valence-electron chi connectivity index (χ4n) is 1.49. The average molecular weight is 311 g/mol. The van der Waals surface area contributed by atoms with E-state index in [9.17, 15) is 4.39 Å². The number of hydrogen-bond donors (Lipinski definition) is 1. The molecule has 18 heavy (non-hydrogen) atoms. The Kier molecular flexibility index (Phi) is 4.15. The molecule has 0 bridgehead atoms. The maximum absolute atomic E-state index is 12.9. The van der Waals surface area contributed by atoms with Crippen molar-refractivity contribution in [3.8, 4) is 5.88 Å². The number of halogens is 2. The molecule has 0 aliphatic carbocycles. The van der Waals surface area contributed by atoms with Gasteiger partial charge in [0.2, 0.25) is 5.88 Å². The van der Waals surface area contributed by atoms with Gasteiger partial charge in [-0.1, -0.05) is 6.07 Å². The monoisotopic (exact) mass is 310 g/mol. The van der Waals surface area contributed by atoms with Gasteiger partial charge in [0.05, 0.1) is 19.3 Å². The van der Waals surface area contributed by atoms with Crippen molar-refractivity contribution < 1.29 is 9.13 Å². The molecule has 0 atom stereocenters. The van der Waals surface area contributed by atoms with Crippen LogP contribution in [0.25, 0.3) is 0 Å². The Morgan fingerprint density at radius 3 is 2.89 bits per heavy atom. The maximum Gasteiger partial charge on any atom is 0.213 e. The number of hydrogen-bond acceptors (Lipinski definition) is 3. The smallest absolute Gasteiger partial charge is 0.213 e. The third kappa shape index (κ3) is 3.20. The highest BCUT2D eigenvalue weighted by molar-refractivity contribution is 9.10. The Morgan fingerprint density at radius 2 is 2.17 bits per heavy atom.